The maximum Gasteiger partial charge on any atom is 0.244 e. The van der Waals surface area contributed by atoms with E-state index in [1.165, 1.54) is 41.3 Å². The summed E-state index contributed by atoms with van der Waals surface area (Å²) in [6.07, 6.45) is 2.22. The lowest BCUT2D eigenvalue weighted by Gasteiger charge is -2.17. The molecule has 0 aliphatic rings. The van der Waals surface area contributed by atoms with Gasteiger partial charge in [0.05, 0.1) is 20.6 Å². The highest BCUT2D eigenvalue weighted by Gasteiger charge is 2.26. The van der Waals surface area contributed by atoms with E-state index in [2.05, 4.69) is 15.0 Å². The van der Waals surface area contributed by atoms with Crippen molar-refractivity contribution >= 4 is 67.4 Å². The second-order valence-corrected chi connectivity index (χ2v) is 10.4. The number of nitrogens with one attached hydrogen (secondary N) is 2. The van der Waals surface area contributed by atoms with E-state index in [0.29, 0.717) is 17.3 Å². The Kier molecular flexibility index (Phi) is 7.96. The molecule has 0 spiro atoms. The lowest BCUT2D eigenvalue weighted by Crippen LogP contribution is -2.44. The molecule has 0 saturated heterocycles. The zero-order valence-electron chi connectivity index (χ0n) is 14.9. The van der Waals surface area contributed by atoms with Crippen molar-refractivity contribution in [2.75, 3.05) is 17.3 Å². The molecule has 2 aromatic rings. The molecule has 0 aliphatic carbocycles. The monoisotopic (exact) mass is 467 g/mol. The number of thiazole rings is 1. The third-order valence-electron chi connectivity index (χ3n) is 3.68. The first-order chi connectivity index (χ1) is 12.6. The number of hydrogen-bond donors (Lipinski definition) is 2. The predicted octanol–water partition coefficient (Wildman–Crippen LogP) is 4.11. The van der Waals surface area contributed by atoms with Crippen molar-refractivity contribution in [3.8, 4) is 0 Å². The number of nitrogens with zero attached hydrogens (tertiary/aromatic N) is 1. The Morgan fingerprint density at radius 3 is 2.56 bits per heavy atom. The molecule has 0 fully saturated rings. The third-order valence-corrected chi connectivity index (χ3v) is 7.53. The lowest BCUT2D eigenvalue weighted by atomic mass is 10.2. The summed E-state index contributed by atoms with van der Waals surface area (Å²) < 4.78 is 27.8. The van der Waals surface area contributed by atoms with Crippen LogP contribution in [0.4, 0.5) is 5.13 Å². The molecule has 0 radical (unpaired) electrons. The molecule has 0 aliphatic heterocycles. The number of carbonyl (C=O) groups excluding carboxylic acids is 1. The van der Waals surface area contributed by atoms with Crippen LogP contribution in [0.3, 0.4) is 0 Å². The summed E-state index contributed by atoms with van der Waals surface area (Å²) in [5.41, 5.74) is 0.826. The van der Waals surface area contributed by atoms with E-state index in [0.717, 1.165) is 10.6 Å². The van der Waals surface area contributed by atoms with Gasteiger partial charge < -0.3 is 5.32 Å². The normalized spacial score (nSPS) is 12.8. The zero-order valence-corrected chi connectivity index (χ0v) is 18.8. The van der Waals surface area contributed by atoms with Gasteiger partial charge in [-0.1, -0.05) is 23.2 Å². The van der Waals surface area contributed by atoms with Crippen LogP contribution in [0.15, 0.2) is 23.1 Å². The fourth-order valence-electron chi connectivity index (χ4n) is 2.10. The van der Waals surface area contributed by atoms with Crippen LogP contribution in [0, 0.1) is 13.8 Å². The first-order valence-corrected chi connectivity index (χ1v) is 12.3. The van der Waals surface area contributed by atoms with E-state index in [1.54, 1.807) is 0 Å². The Morgan fingerprint density at radius 2 is 2.00 bits per heavy atom. The molecule has 6 nitrogen and oxygen atoms in total. The molecular formula is C16H19Cl2N3O3S3. The van der Waals surface area contributed by atoms with Gasteiger partial charge >= 0.3 is 0 Å². The van der Waals surface area contributed by atoms with Gasteiger partial charge in [-0.05, 0) is 50.5 Å². The topological polar surface area (TPSA) is 88.2 Å². The lowest BCUT2D eigenvalue weighted by molar-refractivity contribution is -0.117. The molecule has 11 heteroatoms. The fraction of sp³-hybridized carbons (Fsp3) is 0.375. The summed E-state index contributed by atoms with van der Waals surface area (Å²) >= 11 is 14.6. The Hall–Kier alpha value is -0.840. The number of aromatic nitrogens is 1. The number of carbonyl (C=O) groups is 1. The van der Waals surface area contributed by atoms with Gasteiger partial charge in [0.25, 0.3) is 0 Å². The fourth-order valence-corrected chi connectivity index (χ4v) is 5.00. The first-order valence-electron chi connectivity index (χ1n) is 7.85. The maximum atomic E-state index is 12.7. The Labute approximate surface area is 177 Å². The van der Waals surface area contributed by atoms with E-state index in [-0.39, 0.29) is 14.9 Å². The standard InChI is InChI=1S/C16H19Cl2N3O3S3/c1-9-10(2)26-16(19-9)20-15(22)14(6-7-25-3)21-27(23,24)11-4-5-12(17)13(18)8-11/h4-5,8,14,21H,6-7H2,1-3H3,(H,19,20,22). The predicted molar refractivity (Wildman–Crippen MR) is 114 cm³/mol. The molecule has 2 N–H and O–H groups in total. The SMILES string of the molecule is CSCCC(NS(=O)(=O)c1ccc(Cl)c(Cl)c1)C(=O)Nc1nc(C)c(C)s1. The number of rotatable bonds is 8. The summed E-state index contributed by atoms with van der Waals surface area (Å²) in [7, 11) is -3.95. The molecule has 1 unspecified atom stereocenters. The highest BCUT2D eigenvalue weighted by Crippen LogP contribution is 2.25. The number of aryl methyl sites for hydroxylation is 2. The second kappa shape index (κ2) is 9.58. The number of anilines is 1. The molecule has 1 aromatic heterocycles. The van der Waals surface area contributed by atoms with Gasteiger partial charge in [-0.2, -0.15) is 16.5 Å². The minimum absolute atomic E-state index is 0.0558. The van der Waals surface area contributed by atoms with Gasteiger partial charge in [0.2, 0.25) is 15.9 Å². The number of halogens is 2. The van der Waals surface area contributed by atoms with E-state index >= 15 is 0 Å². The molecule has 1 aromatic carbocycles. The number of hydrogen-bond acceptors (Lipinski definition) is 6. The largest absolute Gasteiger partial charge is 0.301 e. The van der Waals surface area contributed by atoms with Crippen LogP contribution in [-0.2, 0) is 14.8 Å². The number of amides is 1. The minimum atomic E-state index is -3.95. The van der Waals surface area contributed by atoms with E-state index in [9.17, 15) is 13.2 Å². The summed E-state index contributed by atoms with van der Waals surface area (Å²) in [5.74, 6) is 0.152. The Balaban J connectivity index is 2.21. The van der Waals surface area contributed by atoms with Gasteiger partial charge in [-0.25, -0.2) is 13.4 Å². The summed E-state index contributed by atoms with van der Waals surface area (Å²) in [4.78, 5) is 17.8. The highest BCUT2D eigenvalue weighted by molar-refractivity contribution is 7.98. The molecule has 1 heterocycles. The second-order valence-electron chi connectivity index (χ2n) is 5.68. The average molecular weight is 468 g/mol. The number of benzene rings is 1. The summed E-state index contributed by atoms with van der Waals surface area (Å²) in [6, 6.07) is 3.05. The van der Waals surface area contributed by atoms with Gasteiger partial charge in [0, 0.05) is 4.88 Å². The quantitative estimate of drug-likeness (QED) is 0.609. The summed E-state index contributed by atoms with van der Waals surface area (Å²) in [6.45, 7) is 3.75. The van der Waals surface area contributed by atoms with Crippen LogP contribution in [0.5, 0.6) is 0 Å². The van der Waals surface area contributed by atoms with Crippen LogP contribution < -0.4 is 10.0 Å². The molecule has 0 bridgehead atoms. The van der Waals surface area contributed by atoms with E-state index in [4.69, 9.17) is 23.2 Å². The van der Waals surface area contributed by atoms with Crippen LogP contribution in [-0.4, -0.2) is 37.4 Å². The molecule has 2 rings (SSSR count). The van der Waals surface area contributed by atoms with Gasteiger partial charge in [0.1, 0.15) is 6.04 Å². The van der Waals surface area contributed by atoms with Crippen molar-refractivity contribution in [2.45, 2.75) is 31.2 Å². The van der Waals surface area contributed by atoms with Crippen molar-refractivity contribution in [3.05, 3.63) is 38.8 Å². The van der Waals surface area contributed by atoms with Crippen LogP contribution >= 0.6 is 46.3 Å². The molecule has 27 heavy (non-hydrogen) atoms. The van der Waals surface area contributed by atoms with Gasteiger partial charge in [-0.3, -0.25) is 4.79 Å². The molecule has 1 amide bonds. The average Bonchev–Trinajstić information content (AvgIpc) is 2.91. The Bertz CT molecular complexity index is 913. The van der Waals surface area contributed by atoms with Crippen molar-refractivity contribution in [2.24, 2.45) is 0 Å². The molecule has 1 atom stereocenters. The number of thioether (sulfide) groups is 1. The minimum Gasteiger partial charge on any atom is -0.301 e. The Morgan fingerprint density at radius 1 is 1.30 bits per heavy atom. The van der Waals surface area contributed by atoms with Crippen LogP contribution in [0.25, 0.3) is 0 Å². The molecular weight excluding hydrogens is 449 g/mol. The van der Waals surface area contributed by atoms with Crippen LogP contribution in [0.2, 0.25) is 10.0 Å². The molecule has 0 saturated carbocycles. The molecule has 148 valence electrons. The number of sulfonamides is 1. The van der Waals surface area contributed by atoms with Crippen molar-refractivity contribution in [3.63, 3.8) is 0 Å². The van der Waals surface area contributed by atoms with Crippen molar-refractivity contribution in [1.82, 2.24) is 9.71 Å². The van der Waals surface area contributed by atoms with Crippen LogP contribution in [0.1, 0.15) is 17.0 Å². The maximum absolute atomic E-state index is 12.7. The van der Waals surface area contributed by atoms with Gasteiger partial charge in [0.15, 0.2) is 5.13 Å². The van der Waals surface area contributed by atoms with E-state index < -0.39 is 22.0 Å². The highest BCUT2D eigenvalue weighted by atomic mass is 35.5. The van der Waals surface area contributed by atoms with Crippen molar-refractivity contribution in [1.29, 1.82) is 0 Å². The first kappa shape index (κ1) is 22.4. The smallest absolute Gasteiger partial charge is 0.244 e. The third kappa shape index (κ3) is 6.07. The van der Waals surface area contributed by atoms with E-state index in [1.807, 2.05) is 20.1 Å². The zero-order chi connectivity index (χ0) is 20.2. The van der Waals surface area contributed by atoms with Crippen molar-refractivity contribution < 1.29 is 13.2 Å². The van der Waals surface area contributed by atoms with Gasteiger partial charge in [-0.15, -0.1) is 11.3 Å². The summed E-state index contributed by atoms with van der Waals surface area (Å²) in [5, 5.41) is 3.51.